The number of nitrogens with zero attached hydrogens (tertiary/aromatic N) is 1. The second-order valence-electron chi connectivity index (χ2n) is 8.44. The number of quaternary nitrogens is 1. The van der Waals surface area contributed by atoms with Crippen molar-refractivity contribution in [2.45, 2.75) is 39.7 Å². The average Bonchev–Trinajstić information content (AvgIpc) is 3.05. The van der Waals surface area contributed by atoms with Crippen LogP contribution in [0.15, 0.2) is 30.3 Å². The van der Waals surface area contributed by atoms with Crippen LogP contribution in [0.5, 0.6) is 0 Å². The van der Waals surface area contributed by atoms with Crippen molar-refractivity contribution in [1.29, 1.82) is 0 Å². The number of thiophene rings is 1. The molecule has 1 aromatic carbocycles. The van der Waals surface area contributed by atoms with Crippen molar-refractivity contribution in [3.63, 3.8) is 0 Å². The van der Waals surface area contributed by atoms with Gasteiger partial charge in [0.25, 0.3) is 5.91 Å². The molecule has 1 atom stereocenters. The molecule has 0 saturated carbocycles. The first-order valence-electron chi connectivity index (χ1n) is 10.6. The summed E-state index contributed by atoms with van der Waals surface area (Å²) in [5.74, 6) is 0.627. The highest BCUT2D eigenvalue weighted by molar-refractivity contribution is 7.17. The molecular weight excluding hydrogens is 382 g/mol. The molecule has 1 aromatic heterocycles. The second kappa shape index (κ2) is 8.67. The lowest BCUT2D eigenvalue weighted by Crippen LogP contribution is -3.13. The molecular formula is C23H30N3O2S+. The maximum absolute atomic E-state index is 13.5. The number of piperazine rings is 1. The van der Waals surface area contributed by atoms with Crippen LogP contribution in [0.4, 0.5) is 5.00 Å². The summed E-state index contributed by atoms with van der Waals surface area (Å²) in [7, 11) is 0. The number of benzene rings is 1. The lowest BCUT2D eigenvalue weighted by molar-refractivity contribution is -0.917. The molecule has 2 aliphatic rings. The van der Waals surface area contributed by atoms with E-state index in [1.54, 1.807) is 11.3 Å². The van der Waals surface area contributed by atoms with E-state index < -0.39 is 0 Å². The fraction of sp³-hybridized carbons (Fsp3) is 0.478. The van der Waals surface area contributed by atoms with Crippen LogP contribution in [0, 0.1) is 5.92 Å². The number of hydrogen-bond acceptors (Lipinski definition) is 3. The number of fused-ring (bicyclic) bond motifs is 1. The Morgan fingerprint density at radius 1 is 1.21 bits per heavy atom. The Morgan fingerprint density at radius 3 is 2.62 bits per heavy atom. The fourth-order valence-corrected chi connectivity index (χ4v) is 5.92. The number of anilines is 1. The van der Waals surface area contributed by atoms with Gasteiger partial charge in [-0.05, 0) is 30.7 Å². The van der Waals surface area contributed by atoms with E-state index in [9.17, 15) is 9.59 Å². The predicted molar refractivity (Wildman–Crippen MR) is 117 cm³/mol. The van der Waals surface area contributed by atoms with Crippen LogP contribution in [-0.2, 0) is 24.2 Å². The maximum atomic E-state index is 13.5. The van der Waals surface area contributed by atoms with Crippen LogP contribution in [0.1, 0.15) is 46.6 Å². The zero-order valence-electron chi connectivity index (χ0n) is 17.3. The highest BCUT2D eigenvalue weighted by atomic mass is 32.1. The molecule has 0 unspecified atom stereocenters. The first-order valence-corrected chi connectivity index (χ1v) is 11.4. The highest BCUT2D eigenvalue weighted by Crippen LogP contribution is 2.40. The summed E-state index contributed by atoms with van der Waals surface area (Å²) < 4.78 is 0. The molecule has 1 aliphatic heterocycles. The van der Waals surface area contributed by atoms with Crippen molar-refractivity contribution in [1.82, 2.24) is 4.90 Å². The summed E-state index contributed by atoms with van der Waals surface area (Å²) in [6.45, 7) is 8.23. The first kappa shape index (κ1) is 20.1. The van der Waals surface area contributed by atoms with Gasteiger partial charge in [-0.15, -0.1) is 11.3 Å². The lowest BCUT2D eigenvalue weighted by atomic mass is 9.88. The quantitative estimate of drug-likeness (QED) is 0.810. The van der Waals surface area contributed by atoms with Gasteiger partial charge in [0.15, 0.2) is 0 Å². The van der Waals surface area contributed by atoms with Crippen LogP contribution in [0.3, 0.4) is 0 Å². The SMILES string of the molecule is CC(=O)Nc1sc2c(c1C(=O)N1CC[NH+](Cc3ccccc3)CC1)CC[C@@H](C)C2. The molecule has 2 N–H and O–H groups in total. The molecule has 4 rings (SSSR count). The third kappa shape index (κ3) is 4.54. The van der Waals surface area contributed by atoms with Crippen molar-refractivity contribution in [3.05, 3.63) is 51.9 Å². The molecule has 6 heteroatoms. The summed E-state index contributed by atoms with van der Waals surface area (Å²) >= 11 is 1.60. The molecule has 5 nitrogen and oxygen atoms in total. The minimum absolute atomic E-state index is 0.0968. The predicted octanol–water partition coefficient (Wildman–Crippen LogP) is 2.37. The Bertz CT molecular complexity index is 885. The molecule has 0 radical (unpaired) electrons. The first-order chi connectivity index (χ1) is 14.0. The molecule has 2 heterocycles. The third-order valence-electron chi connectivity index (χ3n) is 6.07. The van der Waals surface area contributed by atoms with E-state index in [1.165, 1.54) is 27.8 Å². The maximum Gasteiger partial charge on any atom is 0.257 e. The minimum atomic E-state index is -0.108. The van der Waals surface area contributed by atoms with E-state index in [2.05, 4.69) is 36.5 Å². The minimum Gasteiger partial charge on any atom is -0.328 e. The smallest absolute Gasteiger partial charge is 0.257 e. The van der Waals surface area contributed by atoms with E-state index in [0.29, 0.717) is 5.92 Å². The van der Waals surface area contributed by atoms with Crippen molar-refractivity contribution in [2.24, 2.45) is 5.92 Å². The molecule has 1 fully saturated rings. The zero-order chi connectivity index (χ0) is 20.4. The molecule has 2 aromatic rings. The van der Waals surface area contributed by atoms with E-state index in [0.717, 1.165) is 62.6 Å². The molecule has 154 valence electrons. The Morgan fingerprint density at radius 2 is 1.93 bits per heavy atom. The summed E-state index contributed by atoms with van der Waals surface area (Å²) in [6, 6.07) is 10.5. The molecule has 0 spiro atoms. The van der Waals surface area contributed by atoms with Crippen LogP contribution >= 0.6 is 11.3 Å². The number of nitrogens with one attached hydrogen (secondary N) is 2. The monoisotopic (exact) mass is 412 g/mol. The summed E-state index contributed by atoms with van der Waals surface area (Å²) in [4.78, 5) is 30.0. The summed E-state index contributed by atoms with van der Waals surface area (Å²) in [5, 5.41) is 3.68. The van der Waals surface area contributed by atoms with Crippen LogP contribution < -0.4 is 10.2 Å². The van der Waals surface area contributed by atoms with Gasteiger partial charge in [-0.1, -0.05) is 37.3 Å². The van der Waals surface area contributed by atoms with Crippen LogP contribution in [0.25, 0.3) is 0 Å². The summed E-state index contributed by atoms with van der Waals surface area (Å²) in [5.41, 5.74) is 3.29. The van der Waals surface area contributed by atoms with Gasteiger partial charge in [0.05, 0.1) is 31.7 Å². The average molecular weight is 413 g/mol. The number of amides is 2. The molecule has 2 amide bonds. The van der Waals surface area contributed by atoms with Crippen LogP contribution in [0.2, 0.25) is 0 Å². The van der Waals surface area contributed by atoms with Gasteiger partial charge >= 0.3 is 0 Å². The van der Waals surface area contributed by atoms with E-state index in [4.69, 9.17) is 0 Å². The molecule has 1 saturated heterocycles. The Balaban J connectivity index is 1.48. The lowest BCUT2D eigenvalue weighted by Gasteiger charge is -2.32. The second-order valence-corrected chi connectivity index (χ2v) is 9.55. The van der Waals surface area contributed by atoms with Gasteiger partial charge in [-0.25, -0.2) is 0 Å². The Labute approximate surface area is 176 Å². The Hall–Kier alpha value is -2.18. The topological polar surface area (TPSA) is 53.9 Å². The van der Waals surface area contributed by atoms with E-state index in [-0.39, 0.29) is 11.8 Å². The van der Waals surface area contributed by atoms with Gasteiger partial charge < -0.3 is 15.1 Å². The number of carbonyl (C=O) groups excluding carboxylic acids is 2. The van der Waals surface area contributed by atoms with Crippen molar-refractivity contribution < 1.29 is 14.5 Å². The number of hydrogen-bond donors (Lipinski definition) is 2. The van der Waals surface area contributed by atoms with Gasteiger partial charge in [0, 0.05) is 17.4 Å². The molecule has 0 bridgehead atoms. The number of rotatable bonds is 4. The Kier molecular flexibility index (Phi) is 6.01. The van der Waals surface area contributed by atoms with Crippen molar-refractivity contribution >= 4 is 28.2 Å². The van der Waals surface area contributed by atoms with E-state index >= 15 is 0 Å². The third-order valence-corrected chi connectivity index (χ3v) is 7.24. The van der Waals surface area contributed by atoms with Crippen LogP contribution in [-0.4, -0.2) is 42.9 Å². The number of carbonyl (C=O) groups is 2. The van der Waals surface area contributed by atoms with Gasteiger partial charge in [-0.2, -0.15) is 0 Å². The standard InChI is InChI=1S/C23H29N3O2S/c1-16-8-9-19-20(14-16)29-22(24-17(2)27)21(19)23(28)26-12-10-25(11-13-26)15-18-6-4-3-5-7-18/h3-7,16H,8-15H2,1-2H3,(H,24,27)/p+1/t16-/m1/s1. The molecule has 29 heavy (non-hydrogen) atoms. The van der Waals surface area contributed by atoms with Gasteiger partial charge in [0.2, 0.25) is 5.91 Å². The zero-order valence-corrected chi connectivity index (χ0v) is 18.1. The summed E-state index contributed by atoms with van der Waals surface area (Å²) in [6.07, 6.45) is 3.06. The normalized spacial score (nSPS) is 19.7. The highest BCUT2D eigenvalue weighted by Gasteiger charge is 2.32. The van der Waals surface area contributed by atoms with Crippen molar-refractivity contribution in [2.75, 3.05) is 31.5 Å². The molecule has 1 aliphatic carbocycles. The van der Waals surface area contributed by atoms with Gasteiger partial charge in [0.1, 0.15) is 11.5 Å². The largest absolute Gasteiger partial charge is 0.328 e. The van der Waals surface area contributed by atoms with Gasteiger partial charge in [-0.3, -0.25) is 9.59 Å². The van der Waals surface area contributed by atoms with Crippen molar-refractivity contribution in [3.8, 4) is 0 Å². The van der Waals surface area contributed by atoms with E-state index in [1.807, 2.05) is 11.0 Å². The fourth-order valence-electron chi connectivity index (χ4n) is 4.47.